The highest BCUT2D eigenvalue weighted by Gasteiger charge is 2.16. The third-order valence-corrected chi connectivity index (χ3v) is 4.74. The smallest absolute Gasteiger partial charge is 0.161 e. The molecule has 3 aromatic rings. The van der Waals surface area contributed by atoms with Gasteiger partial charge in [0.05, 0.1) is 19.4 Å². The third-order valence-electron chi connectivity index (χ3n) is 4.74. The van der Waals surface area contributed by atoms with E-state index < -0.39 is 0 Å². The van der Waals surface area contributed by atoms with Crippen molar-refractivity contribution in [3.8, 4) is 40.0 Å². The Kier molecular flexibility index (Phi) is 5.51. The van der Waals surface area contributed by atoms with E-state index in [0.717, 1.165) is 16.8 Å². The van der Waals surface area contributed by atoms with Gasteiger partial charge in [-0.05, 0) is 61.7 Å². The summed E-state index contributed by atoms with van der Waals surface area (Å²) in [7, 11) is 1.59. The Morgan fingerprint density at radius 1 is 1.00 bits per heavy atom. The fourth-order valence-electron chi connectivity index (χ4n) is 3.07. The molecule has 0 atom stereocenters. The molecule has 5 nitrogen and oxygen atoms in total. The average molecular weight is 373 g/mol. The molecule has 0 amide bonds. The maximum Gasteiger partial charge on any atom is 0.161 e. The molecule has 1 aromatic heterocycles. The molecule has 0 aliphatic carbocycles. The van der Waals surface area contributed by atoms with Gasteiger partial charge >= 0.3 is 0 Å². The molecule has 3 rings (SSSR count). The summed E-state index contributed by atoms with van der Waals surface area (Å²) in [6, 6.07) is 15.8. The van der Waals surface area contributed by atoms with E-state index in [1.165, 1.54) is 11.1 Å². The average Bonchev–Trinajstić information content (AvgIpc) is 2.70. The zero-order valence-electron chi connectivity index (χ0n) is 16.5. The molecule has 0 bridgehead atoms. The molecule has 0 saturated heterocycles. The molecule has 0 unspecified atom stereocenters. The van der Waals surface area contributed by atoms with Gasteiger partial charge in [0.2, 0.25) is 0 Å². The van der Waals surface area contributed by atoms with Crippen LogP contribution in [-0.2, 0) is 0 Å². The van der Waals surface area contributed by atoms with Crippen LogP contribution in [0.25, 0.3) is 22.4 Å². The first kappa shape index (κ1) is 19.2. The Labute approximate surface area is 165 Å². The minimum absolute atomic E-state index is 0.209. The lowest BCUT2D eigenvalue weighted by Crippen LogP contribution is -2.01. The minimum atomic E-state index is 0.209. The van der Waals surface area contributed by atoms with Gasteiger partial charge in [-0.2, -0.15) is 5.26 Å². The summed E-state index contributed by atoms with van der Waals surface area (Å²) < 4.78 is 11.0. The summed E-state index contributed by atoms with van der Waals surface area (Å²) in [5.41, 5.74) is 12.1. The van der Waals surface area contributed by atoms with Crippen LogP contribution in [0.5, 0.6) is 11.5 Å². The molecule has 0 saturated carbocycles. The maximum absolute atomic E-state index is 9.64. The van der Waals surface area contributed by atoms with E-state index in [2.05, 4.69) is 37.0 Å². The molecule has 5 heteroatoms. The highest BCUT2D eigenvalue weighted by molar-refractivity contribution is 5.81. The van der Waals surface area contributed by atoms with Crippen molar-refractivity contribution in [3.05, 3.63) is 59.2 Å². The number of anilines is 1. The number of benzene rings is 2. The minimum Gasteiger partial charge on any atom is -0.493 e. The van der Waals surface area contributed by atoms with E-state index >= 15 is 0 Å². The van der Waals surface area contributed by atoms with Crippen LogP contribution in [0.3, 0.4) is 0 Å². The Hall–Kier alpha value is -3.52. The number of nitrogens with two attached hydrogens (primary N) is 1. The van der Waals surface area contributed by atoms with Crippen LogP contribution in [0.2, 0.25) is 0 Å². The first-order valence-electron chi connectivity index (χ1n) is 9.08. The second kappa shape index (κ2) is 8.01. The number of methoxy groups -OCH3 is 1. The quantitative estimate of drug-likeness (QED) is 0.688. The molecule has 0 aliphatic rings. The van der Waals surface area contributed by atoms with Crippen LogP contribution >= 0.6 is 0 Å². The number of aromatic nitrogens is 1. The van der Waals surface area contributed by atoms with Crippen molar-refractivity contribution in [1.29, 1.82) is 5.26 Å². The monoisotopic (exact) mass is 373 g/mol. The summed E-state index contributed by atoms with van der Waals surface area (Å²) in [5, 5.41) is 9.64. The fourth-order valence-corrected chi connectivity index (χ4v) is 3.07. The molecular formula is C23H23N3O2. The van der Waals surface area contributed by atoms with Crippen molar-refractivity contribution in [3.63, 3.8) is 0 Å². The SMILES string of the molecule is CCOc1ccc(-c2cc(-c3ccc(C)c(C)c3)nc(N)c2C#N)cc1OC. The summed E-state index contributed by atoms with van der Waals surface area (Å²) in [6.45, 7) is 6.58. The van der Waals surface area contributed by atoms with Crippen molar-refractivity contribution < 1.29 is 9.47 Å². The molecule has 0 aliphatic heterocycles. The highest BCUT2D eigenvalue weighted by atomic mass is 16.5. The summed E-state index contributed by atoms with van der Waals surface area (Å²) in [4.78, 5) is 4.46. The maximum atomic E-state index is 9.64. The number of ether oxygens (including phenoxy) is 2. The molecule has 2 N–H and O–H groups in total. The topological polar surface area (TPSA) is 81.2 Å². The van der Waals surface area contributed by atoms with Crippen molar-refractivity contribution in [1.82, 2.24) is 4.98 Å². The number of hydrogen-bond donors (Lipinski definition) is 1. The predicted molar refractivity (Wildman–Crippen MR) is 111 cm³/mol. The Bertz CT molecular complexity index is 1070. The first-order valence-corrected chi connectivity index (χ1v) is 9.08. The number of aryl methyl sites for hydroxylation is 2. The lowest BCUT2D eigenvalue weighted by molar-refractivity contribution is 0.311. The van der Waals surface area contributed by atoms with Crippen molar-refractivity contribution in [2.24, 2.45) is 0 Å². The van der Waals surface area contributed by atoms with Crippen LogP contribution in [0.4, 0.5) is 5.82 Å². The van der Waals surface area contributed by atoms with Crippen LogP contribution in [0, 0.1) is 25.2 Å². The van der Waals surface area contributed by atoms with Crippen molar-refractivity contribution in [2.75, 3.05) is 19.5 Å². The van der Waals surface area contributed by atoms with E-state index in [0.29, 0.717) is 29.2 Å². The summed E-state index contributed by atoms with van der Waals surface area (Å²) in [5.74, 6) is 1.47. The number of nitrogen functional groups attached to an aromatic ring is 1. The normalized spacial score (nSPS) is 10.4. The van der Waals surface area contributed by atoms with Gasteiger partial charge in [-0.3, -0.25) is 0 Å². The van der Waals surface area contributed by atoms with Gasteiger partial charge < -0.3 is 15.2 Å². The van der Waals surface area contributed by atoms with E-state index in [1.54, 1.807) is 7.11 Å². The molecule has 28 heavy (non-hydrogen) atoms. The molecule has 2 aromatic carbocycles. The van der Waals surface area contributed by atoms with E-state index in [-0.39, 0.29) is 5.82 Å². The number of nitrogens with zero attached hydrogens (tertiary/aromatic N) is 2. The first-order chi connectivity index (χ1) is 13.5. The molecule has 0 radical (unpaired) electrons. The van der Waals surface area contributed by atoms with Crippen molar-refractivity contribution >= 4 is 5.82 Å². The highest BCUT2D eigenvalue weighted by Crippen LogP contribution is 2.36. The zero-order valence-corrected chi connectivity index (χ0v) is 16.5. The third kappa shape index (κ3) is 3.63. The summed E-state index contributed by atoms with van der Waals surface area (Å²) in [6.07, 6.45) is 0. The lowest BCUT2D eigenvalue weighted by Gasteiger charge is -2.14. The van der Waals surface area contributed by atoms with Gasteiger partial charge in [0.15, 0.2) is 11.5 Å². The van der Waals surface area contributed by atoms with E-state index in [1.807, 2.05) is 37.3 Å². The van der Waals surface area contributed by atoms with Gasteiger partial charge in [-0.25, -0.2) is 4.98 Å². The second-order valence-electron chi connectivity index (χ2n) is 6.52. The van der Waals surface area contributed by atoms with E-state index in [4.69, 9.17) is 15.2 Å². The molecule has 0 spiro atoms. The van der Waals surface area contributed by atoms with Gasteiger partial charge in [0.25, 0.3) is 0 Å². The van der Waals surface area contributed by atoms with Crippen LogP contribution < -0.4 is 15.2 Å². The Morgan fingerprint density at radius 3 is 2.39 bits per heavy atom. The standard InChI is InChI=1S/C23H23N3O2/c1-5-28-21-9-8-16(11-22(21)27-4)18-12-20(26-23(25)19(18)13-24)17-7-6-14(2)15(3)10-17/h6-12H,5H2,1-4H3,(H2,25,26). The molecule has 142 valence electrons. The molecule has 0 fully saturated rings. The van der Waals surface area contributed by atoms with Crippen LogP contribution in [0.15, 0.2) is 42.5 Å². The second-order valence-corrected chi connectivity index (χ2v) is 6.52. The largest absolute Gasteiger partial charge is 0.493 e. The van der Waals surface area contributed by atoms with Crippen molar-refractivity contribution in [2.45, 2.75) is 20.8 Å². The van der Waals surface area contributed by atoms with Gasteiger partial charge in [0, 0.05) is 11.1 Å². The van der Waals surface area contributed by atoms with Gasteiger partial charge in [0.1, 0.15) is 17.5 Å². The van der Waals surface area contributed by atoms with Gasteiger partial charge in [-0.1, -0.05) is 18.2 Å². The number of nitriles is 1. The van der Waals surface area contributed by atoms with E-state index in [9.17, 15) is 5.26 Å². The number of pyridine rings is 1. The lowest BCUT2D eigenvalue weighted by atomic mass is 9.97. The number of hydrogen-bond acceptors (Lipinski definition) is 5. The zero-order chi connectivity index (χ0) is 20.3. The number of rotatable bonds is 5. The predicted octanol–water partition coefficient (Wildman–Crippen LogP) is 4.89. The Balaban J connectivity index is 2.18. The molecular weight excluding hydrogens is 350 g/mol. The summed E-state index contributed by atoms with van der Waals surface area (Å²) >= 11 is 0. The van der Waals surface area contributed by atoms with Gasteiger partial charge in [-0.15, -0.1) is 0 Å². The molecule has 1 heterocycles. The van der Waals surface area contributed by atoms with Crippen LogP contribution in [0.1, 0.15) is 23.6 Å². The Morgan fingerprint density at radius 2 is 1.75 bits per heavy atom. The van der Waals surface area contributed by atoms with Crippen LogP contribution in [-0.4, -0.2) is 18.7 Å². The fraction of sp³-hybridized carbons (Fsp3) is 0.217.